The third kappa shape index (κ3) is 0.876. The number of hydrogen-bond acceptors (Lipinski definition) is 3. The average molecular weight is 128 g/mol. The molecule has 0 aromatic heterocycles. The second-order valence-corrected chi connectivity index (χ2v) is 2.68. The van der Waals surface area contributed by atoms with E-state index in [0.717, 1.165) is 5.70 Å². The topological polar surface area (TPSA) is 61.3 Å². The molecule has 1 fully saturated rings. The molecule has 0 unspecified atom stereocenters. The molecule has 1 heterocycles. The highest BCUT2D eigenvalue weighted by Gasteiger charge is 2.35. The van der Waals surface area contributed by atoms with Gasteiger partial charge in [-0.25, -0.2) is 0 Å². The Bertz CT molecular complexity index is 138. The van der Waals surface area contributed by atoms with Crippen molar-refractivity contribution < 1.29 is 4.74 Å². The molecule has 9 heavy (non-hydrogen) atoms. The van der Waals surface area contributed by atoms with E-state index in [1.54, 1.807) is 0 Å². The van der Waals surface area contributed by atoms with E-state index in [9.17, 15) is 0 Å². The Kier molecular flexibility index (Phi) is 1.37. The minimum atomic E-state index is 0.0226. The Morgan fingerprint density at radius 1 is 1.67 bits per heavy atom. The fourth-order valence-corrected chi connectivity index (χ4v) is 0.776. The van der Waals surface area contributed by atoms with Gasteiger partial charge in [0.1, 0.15) is 0 Å². The molecule has 52 valence electrons. The van der Waals surface area contributed by atoms with Crippen LogP contribution in [0.25, 0.3) is 0 Å². The van der Waals surface area contributed by atoms with Gasteiger partial charge in [-0.2, -0.15) is 0 Å². The van der Waals surface area contributed by atoms with Crippen molar-refractivity contribution in [1.29, 1.82) is 0 Å². The lowest BCUT2D eigenvalue weighted by Gasteiger charge is -2.38. The number of rotatable bonds is 1. The van der Waals surface area contributed by atoms with Gasteiger partial charge in [-0.3, -0.25) is 0 Å². The van der Waals surface area contributed by atoms with Crippen LogP contribution in [0.3, 0.4) is 0 Å². The average Bonchev–Trinajstić information content (AvgIpc) is 1.81. The van der Waals surface area contributed by atoms with Crippen LogP contribution in [-0.4, -0.2) is 13.2 Å². The van der Waals surface area contributed by atoms with Crippen molar-refractivity contribution in [1.82, 2.24) is 0 Å². The molecule has 0 aromatic rings. The van der Waals surface area contributed by atoms with E-state index in [-0.39, 0.29) is 5.41 Å². The molecule has 0 atom stereocenters. The van der Waals surface area contributed by atoms with Crippen LogP contribution in [0, 0.1) is 5.41 Å². The highest BCUT2D eigenvalue weighted by Crippen LogP contribution is 2.31. The summed E-state index contributed by atoms with van der Waals surface area (Å²) in [7, 11) is 0. The Hall–Kier alpha value is -0.700. The van der Waals surface area contributed by atoms with Crippen LogP contribution in [-0.2, 0) is 4.74 Å². The van der Waals surface area contributed by atoms with Gasteiger partial charge < -0.3 is 16.2 Å². The van der Waals surface area contributed by atoms with Gasteiger partial charge in [-0.1, -0.05) is 0 Å². The predicted molar refractivity (Wildman–Crippen MR) is 35.4 cm³/mol. The van der Waals surface area contributed by atoms with Crippen molar-refractivity contribution >= 4 is 0 Å². The first-order valence-corrected chi connectivity index (χ1v) is 2.95. The summed E-state index contributed by atoms with van der Waals surface area (Å²) >= 11 is 0. The van der Waals surface area contributed by atoms with Crippen LogP contribution >= 0.6 is 0 Å². The van der Waals surface area contributed by atoms with Gasteiger partial charge in [-0.05, 0) is 6.92 Å². The molecular weight excluding hydrogens is 116 g/mol. The van der Waals surface area contributed by atoms with Gasteiger partial charge in [0.2, 0.25) is 0 Å². The van der Waals surface area contributed by atoms with Crippen molar-refractivity contribution in [3.63, 3.8) is 0 Å². The molecule has 0 saturated carbocycles. The first-order valence-electron chi connectivity index (χ1n) is 2.95. The van der Waals surface area contributed by atoms with Crippen LogP contribution < -0.4 is 11.5 Å². The van der Waals surface area contributed by atoms with Crippen molar-refractivity contribution in [3.8, 4) is 0 Å². The molecule has 0 aromatic carbocycles. The number of ether oxygens (including phenoxy) is 1. The molecule has 0 radical (unpaired) electrons. The third-order valence-corrected chi connectivity index (χ3v) is 1.72. The fourth-order valence-electron chi connectivity index (χ4n) is 0.776. The minimum absolute atomic E-state index is 0.0226. The maximum absolute atomic E-state index is 5.57. The van der Waals surface area contributed by atoms with Crippen molar-refractivity contribution in [2.24, 2.45) is 16.9 Å². The smallest absolute Gasteiger partial charge is 0.0597 e. The van der Waals surface area contributed by atoms with Gasteiger partial charge in [0.05, 0.1) is 18.6 Å². The largest absolute Gasteiger partial charge is 0.403 e. The fraction of sp³-hybridized carbons (Fsp3) is 0.667. The number of hydrogen-bond donors (Lipinski definition) is 2. The quantitative estimate of drug-likeness (QED) is 0.513. The maximum atomic E-state index is 5.57. The van der Waals surface area contributed by atoms with E-state index < -0.39 is 0 Å². The molecule has 1 saturated heterocycles. The third-order valence-electron chi connectivity index (χ3n) is 1.72. The summed E-state index contributed by atoms with van der Waals surface area (Å²) in [6.45, 7) is 3.44. The number of nitrogens with two attached hydrogens (primary N) is 2. The predicted octanol–water partition coefficient (Wildman–Crippen LogP) is -0.218. The zero-order chi connectivity index (χ0) is 6.91. The monoisotopic (exact) mass is 128 g/mol. The molecule has 0 spiro atoms. The molecule has 4 N–H and O–H groups in total. The first-order chi connectivity index (χ1) is 4.19. The standard InChI is InChI=1S/C6H12N2O/c1-6(3-9-4-6)5(8)2-7/h2H,3-4,7-8H2,1H3/b5-2-. The SMILES string of the molecule is CC1(/C(N)=C/N)COC1. The molecule has 1 rings (SSSR count). The zero-order valence-corrected chi connectivity index (χ0v) is 5.55. The lowest BCUT2D eigenvalue weighted by atomic mass is 9.85. The van der Waals surface area contributed by atoms with Gasteiger partial charge >= 0.3 is 0 Å². The van der Waals surface area contributed by atoms with E-state index in [1.807, 2.05) is 6.92 Å². The van der Waals surface area contributed by atoms with Crippen molar-refractivity contribution in [2.75, 3.05) is 13.2 Å². The van der Waals surface area contributed by atoms with Crippen molar-refractivity contribution in [3.05, 3.63) is 11.9 Å². The summed E-state index contributed by atoms with van der Waals surface area (Å²) in [4.78, 5) is 0. The molecule has 1 aliphatic rings. The minimum Gasteiger partial charge on any atom is -0.403 e. The first kappa shape index (κ1) is 6.42. The summed E-state index contributed by atoms with van der Waals surface area (Å²) in [5, 5.41) is 0. The highest BCUT2D eigenvalue weighted by molar-refractivity contribution is 5.11. The summed E-state index contributed by atoms with van der Waals surface area (Å²) in [5.41, 5.74) is 11.5. The van der Waals surface area contributed by atoms with Crippen LogP contribution in [0.5, 0.6) is 0 Å². The van der Waals surface area contributed by atoms with E-state index in [4.69, 9.17) is 16.2 Å². The molecule has 0 bridgehead atoms. The van der Waals surface area contributed by atoms with Crippen LogP contribution in [0.1, 0.15) is 6.92 Å². The van der Waals surface area contributed by atoms with E-state index >= 15 is 0 Å². The Morgan fingerprint density at radius 3 is 2.33 bits per heavy atom. The maximum Gasteiger partial charge on any atom is 0.0597 e. The Labute approximate surface area is 54.7 Å². The van der Waals surface area contributed by atoms with Gasteiger partial charge in [0.15, 0.2) is 0 Å². The summed E-state index contributed by atoms with van der Waals surface area (Å²) in [6, 6.07) is 0. The van der Waals surface area contributed by atoms with E-state index in [0.29, 0.717) is 13.2 Å². The van der Waals surface area contributed by atoms with Gasteiger partial charge in [-0.15, -0.1) is 0 Å². The Balaban J connectivity index is 2.59. The summed E-state index contributed by atoms with van der Waals surface area (Å²) in [5.74, 6) is 0. The van der Waals surface area contributed by atoms with Crippen molar-refractivity contribution in [2.45, 2.75) is 6.92 Å². The summed E-state index contributed by atoms with van der Waals surface area (Å²) < 4.78 is 4.98. The molecular formula is C6H12N2O. The molecule has 0 aliphatic carbocycles. The zero-order valence-electron chi connectivity index (χ0n) is 5.55. The highest BCUT2D eigenvalue weighted by atomic mass is 16.5. The second-order valence-electron chi connectivity index (χ2n) is 2.68. The Morgan fingerprint density at radius 2 is 2.22 bits per heavy atom. The lowest BCUT2D eigenvalue weighted by Crippen LogP contribution is -2.44. The summed E-state index contributed by atoms with van der Waals surface area (Å²) in [6.07, 6.45) is 1.45. The van der Waals surface area contributed by atoms with Crippen LogP contribution in [0.15, 0.2) is 11.9 Å². The van der Waals surface area contributed by atoms with E-state index in [1.165, 1.54) is 6.20 Å². The molecule has 1 aliphatic heterocycles. The molecule has 3 heteroatoms. The lowest BCUT2D eigenvalue weighted by molar-refractivity contribution is -0.0786. The molecule has 3 nitrogen and oxygen atoms in total. The van der Waals surface area contributed by atoms with E-state index in [2.05, 4.69) is 0 Å². The van der Waals surface area contributed by atoms with Gasteiger partial charge in [0, 0.05) is 11.9 Å². The second kappa shape index (κ2) is 1.92. The normalized spacial score (nSPS) is 25.2. The van der Waals surface area contributed by atoms with Crippen LogP contribution in [0.4, 0.5) is 0 Å². The van der Waals surface area contributed by atoms with Crippen LogP contribution in [0.2, 0.25) is 0 Å². The molecule has 0 amide bonds. The van der Waals surface area contributed by atoms with Gasteiger partial charge in [0.25, 0.3) is 0 Å².